The van der Waals surface area contributed by atoms with Crippen LogP contribution in [-0.4, -0.2) is 37.1 Å². The normalized spacial score (nSPS) is 12.0. The monoisotopic (exact) mass is 381 g/mol. The molecule has 2 aromatic rings. The van der Waals surface area contributed by atoms with Crippen molar-refractivity contribution in [1.82, 2.24) is 4.31 Å². The molecule has 7 nitrogen and oxygen atoms in total. The summed E-state index contributed by atoms with van der Waals surface area (Å²) in [5.41, 5.74) is -0.0545. The predicted octanol–water partition coefficient (Wildman–Crippen LogP) is 3.83. The first kappa shape index (κ1) is 17.9. The lowest BCUT2D eigenvalue weighted by molar-refractivity contribution is 0.134. The molecule has 0 radical (unpaired) electrons. The molecule has 1 aromatic heterocycles. The van der Waals surface area contributed by atoms with Crippen LogP contribution >= 0.6 is 23.2 Å². The SMILES string of the molecule is CCN(CC)S(=O)(=O)c1cc(Cl)c(Cl)c2oc(OC(=O)O)cc12. The van der Waals surface area contributed by atoms with Crippen LogP contribution in [0.25, 0.3) is 11.0 Å². The van der Waals surface area contributed by atoms with Crippen LogP contribution in [0.3, 0.4) is 0 Å². The summed E-state index contributed by atoms with van der Waals surface area (Å²) in [6, 6.07) is 2.36. The molecule has 126 valence electrons. The van der Waals surface area contributed by atoms with Crippen LogP contribution in [0.2, 0.25) is 10.0 Å². The lowest BCUT2D eigenvalue weighted by atomic mass is 10.2. The Morgan fingerprint density at radius 2 is 1.91 bits per heavy atom. The van der Waals surface area contributed by atoms with Crippen molar-refractivity contribution >= 4 is 50.3 Å². The molecular weight excluding hydrogens is 369 g/mol. The van der Waals surface area contributed by atoms with Gasteiger partial charge in [-0.1, -0.05) is 37.0 Å². The molecule has 0 bridgehead atoms. The number of hydrogen-bond acceptors (Lipinski definition) is 5. The molecule has 0 saturated carbocycles. The molecule has 0 aliphatic rings. The third kappa shape index (κ3) is 3.25. The van der Waals surface area contributed by atoms with E-state index in [4.69, 9.17) is 32.7 Å². The molecule has 0 aliphatic carbocycles. The lowest BCUT2D eigenvalue weighted by Gasteiger charge is -2.19. The number of fused-ring (bicyclic) bond motifs is 1. The van der Waals surface area contributed by atoms with Gasteiger partial charge in [0, 0.05) is 24.5 Å². The van der Waals surface area contributed by atoms with Crippen LogP contribution in [0.15, 0.2) is 21.4 Å². The number of benzene rings is 1. The molecule has 0 atom stereocenters. The van der Waals surface area contributed by atoms with Crippen molar-refractivity contribution in [2.75, 3.05) is 13.1 Å². The minimum atomic E-state index is -3.85. The van der Waals surface area contributed by atoms with Gasteiger partial charge < -0.3 is 14.3 Å². The van der Waals surface area contributed by atoms with Crippen LogP contribution in [0.1, 0.15) is 13.8 Å². The van der Waals surface area contributed by atoms with Gasteiger partial charge >= 0.3 is 6.16 Å². The summed E-state index contributed by atoms with van der Waals surface area (Å²) >= 11 is 12.0. The van der Waals surface area contributed by atoms with E-state index in [0.29, 0.717) is 0 Å². The standard InChI is InChI=1S/C13H13Cl2NO6S/c1-3-16(4-2)23(19,20)9-6-8(14)11(15)12-7(9)5-10(21-12)22-13(17)18/h5-6H,3-4H2,1-2H3,(H,17,18). The van der Waals surface area contributed by atoms with Gasteiger partial charge in [-0.2, -0.15) is 4.31 Å². The molecule has 1 aromatic carbocycles. The molecule has 0 aliphatic heterocycles. The van der Waals surface area contributed by atoms with E-state index in [1.807, 2.05) is 0 Å². The van der Waals surface area contributed by atoms with Crippen molar-refractivity contribution < 1.29 is 27.5 Å². The molecule has 1 heterocycles. The van der Waals surface area contributed by atoms with Crippen LogP contribution < -0.4 is 4.74 Å². The Hall–Kier alpha value is -1.48. The fourth-order valence-corrected chi connectivity index (χ4v) is 4.24. The van der Waals surface area contributed by atoms with E-state index in [1.54, 1.807) is 13.8 Å². The summed E-state index contributed by atoms with van der Waals surface area (Å²) in [5, 5.41) is 8.69. The Bertz CT molecular complexity index is 857. The summed E-state index contributed by atoms with van der Waals surface area (Å²) in [6.45, 7) is 3.92. The molecule has 2 rings (SSSR count). The maximum Gasteiger partial charge on any atom is 0.513 e. The van der Waals surface area contributed by atoms with E-state index in [0.717, 1.165) is 6.07 Å². The van der Waals surface area contributed by atoms with Crippen molar-refractivity contribution in [2.24, 2.45) is 0 Å². The van der Waals surface area contributed by atoms with E-state index < -0.39 is 22.1 Å². The molecule has 23 heavy (non-hydrogen) atoms. The van der Waals surface area contributed by atoms with Gasteiger partial charge in [-0.25, -0.2) is 13.2 Å². The topological polar surface area (TPSA) is 97.0 Å². The van der Waals surface area contributed by atoms with Gasteiger partial charge in [0.15, 0.2) is 5.58 Å². The second-order valence-electron chi connectivity index (χ2n) is 4.44. The third-order valence-electron chi connectivity index (χ3n) is 3.15. The smallest absolute Gasteiger partial charge is 0.449 e. The largest absolute Gasteiger partial charge is 0.513 e. The van der Waals surface area contributed by atoms with Gasteiger partial charge in [0.25, 0.3) is 5.95 Å². The highest BCUT2D eigenvalue weighted by atomic mass is 35.5. The van der Waals surface area contributed by atoms with Crippen molar-refractivity contribution in [2.45, 2.75) is 18.7 Å². The van der Waals surface area contributed by atoms with Crippen LogP contribution in [0, 0.1) is 0 Å². The minimum absolute atomic E-state index is 0.0267. The van der Waals surface area contributed by atoms with Gasteiger partial charge in [0.1, 0.15) is 5.02 Å². The molecule has 0 amide bonds. The first-order valence-corrected chi connectivity index (χ1v) is 8.74. The minimum Gasteiger partial charge on any atom is -0.449 e. The van der Waals surface area contributed by atoms with Crippen molar-refractivity contribution in [1.29, 1.82) is 0 Å². The summed E-state index contributed by atoms with van der Waals surface area (Å²) in [4.78, 5) is 10.5. The fraction of sp³-hybridized carbons (Fsp3) is 0.308. The van der Waals surface area contributed by atoms with Gasteiger partial charge in [0.05, 0.1) is 9.92 Å². The van der Waals surface area contributed by atoms with E-state index in [2.05, 4.69) is 4.74 Å². The number of hydrogen-bond donors (Lipinski definition) is 1. The second-order valence-corrected chi connectivity index (χ2v) is 7.13. The summed E-state index contributed by atoms with van der Waals surface area (Å²) in [6.07, 6.45) is -1.60. The molecule has 1 N–H and O–H groups in total. The quantitative estimate of drug-likeness (QED) is 0.790. The maximum absolute atomic E-state index is 12.7. The average Bonchev–Trinajstić information content (AvgIpc) is 2.86. The zero-order valence-corrected chi connectivity index (χ0v) is 14.5. The van der Waals surface area contributed by atoms with Crippen molar-refractivity contribution in [3.8, 4) is 5.95 Å². The zero-order valence-electron chi connectivity index (χ0n) is 12.2. The van der Waals surface area contributed by atoms with Gasteiger partial charge in [-0.3, -0.25) is 0 Å². The number of furan rings is 1. The van der Waals surface area contributed by atoms with Gasteiger partial charge in [0.2, 0.25) is 10.0 Å². The molecular formula is C13H13Cl2NO6S. The Balaban J connectivity index is 2.76. The van der Waals surface area contributed by atoms with Crippen molar-refractivity contribution in [3.63, 3.8) is 0 Å². The maximum atomic E-state index is 12.7. The number of halogens is 2. The number of ether oxygens (including phenoxy) is 1. The van der Waals surface area contributed by atoms with Crippen LogP contribution in [-0.2, 0) is 10.0 Å². The molecule has 0 spiro atoms. The number of carboxylic acid groups (broad SMARTS) is 1. The van der Waals surface area contributed by atoms with Crippen LogP contribution in [0.4, 0.5) is 4.79 Å². The van der Waals surface area contributed by atoms with Gasteiger partial charge in [-0.15, -0.1) is 0 Å². The number of carbonyl (C=O) groups is 1. The summed E-state index contributed by atoms with van der Waals surface area (Å²) in [7, 11) is -3.85. The summed E-state index contributed by atoms with van der Waals surface area (Å²) in [5.74, 6) is -0.396. The van der Waals surface area contributed by atoms with E-state index >= 15 is 0 Å². The molecule has 0 saturated heterocycles. The molecule has 10 heteroatoms. The Morgan fingerprint density at radius 3 is 2.43 bits per heavy atom. The number of nitrogens with zero attached hydrogens (tertiary/aromatic N) is 1. The summed E-state index contributed by atoms with van der Waals surface area (Å²) < 4.78 is 36.3. The third-order valence-corrected chi connectivity index (χ3v) is 6.01. The highest BCUT2D eigenvalue weighted by molar-refractivity contribution is 7.89. The highest BCUT2D eigenvalue weighted by Gasteiger charge is 2.28. The van der Waals surface area contributed by atoms with E-state index in [1.165, 1.54) is 10.4 Å². The van der Waals surface area contributed by atoms with Gasteiger partial charge in [-0.05, 0) is 6.07 Å². The van der Waals surface area contributed by atoms with Crippen molar-refractivity contribution in [3.05, 3.63) is 22.2 Å². The second kappa shape index (κ2) is 6.56. The Kier molecular flexibility index (Phi) is 5.10. The molecule has 0 fully saturated rings. The highest BCUT2D eigenvalue weighted by Crippen LogP contribution is 2.40. The zero-order chi connectivity index (χ0) is 17.4. The van der Waals surface area contributed by atoms with Crippen LogP contribution in [0.5, 0.6) is 5.95 Å². The predicted molar refractivity (Wildman–Crippen MR) is 85.0 cm³/mol. The Morgan fingerprint density at radius 1 is 1.30 bits per heavy atom. The van der Waals surface area contributed by atoms with E-state index in [-0.39, 0.29) is 39.0 Å². The first-order valence-electron chi connectivity index (χ1n) is 6.54. The average molecular weight is 382 g/mol. The molecule has 0 unspecified atom stereocenters. The lowest BCUT2D eigenvalue weighted by Crippen LogP contribution is -2.30. The number of sulfonamides is 1. The first-order chi connectivity index (χ1) is 10.7. The fourth-order valence-electron chi connectivity index (χ4n) is 2.13. The number of rotatable bonds is 5. The Labute approximate surface area is 142 Å². The van der Waals surface area contributed by atoms with E-state index in [9.17, 15) is 13.2 Å².